The monoisotopic (exact) mass is 360 g/mol. The number of benzene rings is 2. The Morgan fingerprint density at radius 2 is 1.84 bits per heavy atom. The zero-order valence-electron chi connectivity index (χ0n) is 15.0. The number of anilines is 1. The van der Waals surface area contributed by atoms with Gasteiger partial charge in [-0.15, -0.1) is 0 Å². The van der Waals surface area contributed by atoms with E-state index < -0.39 is 6.10 Å². The minimum Gasteiger partial charge on any atom is -0.481 e. The first kappa shape index (κ1) is 19.3. The Morgan fingerprint density at radius 1 is 1.16 bits per heavy atom. The molecule has 2 aromatic rings. The highest BCUT2D eigenvalue weighted by atomic mass is 35.5. The molecule has 0 aliphatic carbocycles. The van der Waals surface area contributed by atoms with Crippen molar-refractivity contribution in [2.24, 2.45) is 0 Å². The van der Waals surface area contributed by atoms with Crippen LogP contribution in [0.2, 0.25) is 5.02 Å². The quantitative estimate of drug-likeness (QED) is 0.748. The van der Waals surface area contributed by atoms with Crippen LogP contribution in [0.4, 0.5) is 5.69 Å². The maximum absolute atomic E-state index is 12.3. The molecule has 5 heteroatoms. The second kappa shape index (κ2) is 9.44. The van der Waals surface area contributed by atoms with E-state index in [1.54, 1.807) is 31.2 Å². The second-order valence-electron chi connectivity index (χ2n) is 5.87. The summed E-state index contributed by atoms with van der Waals surface area (Å²) in [5.74, 6) is 0.376. The van der Waals surface area contributed by atoms with Crippen molar-refractivity contribution in [3.8, 4) is 5.75 Å². The van der Waals surface area contributed by atoms with Gasteiger partial charge in [0.15, 0.2) is 6.10 Å². The summed E-state index contributed by atoms with van der Waals surface area (Å²) in [6, 6.07) is 14.9. The molecule has 0 spiro atoms. The lowest BCUT2D eigenvalue weighted by molar-refractivity contribution is -0.122. The van der Waals surface area contributed by atoms with E-state index in [9.17, 15) is 4.79 Å². The molecule has 1 atom stereocenters. The summed E-state index contributed by atoms with van der Waals surface area (Å²) < 4.78 is 5.63. The molecule has 0 aliphatic heterocycles. The standard InChI is InChI=1S/C20H25ClN2O2/c1-4-23(5-2)14-16-9-11-18(12-10-16)22-20(24)15(3)25-19-8-6-7-17(21)13-19/h6-13,15H,4-5,14H2,1-3H3,(H,22,24)/t15-/m0/s1. The van der Waals surface area contributed by atoms with E-state index in [4.69, 9.17) is 16.3 Å². The fourth-order valence-electron chi connectivity index (χ4n) is 2.44. The highest BCUT2D eigenvalue weighted by molar-refractivity contribution is 6.30. The smallest absolute Gasteiger partial charge is 0.265 e. The van der Waals surface area contributed by atoms with Gasteiger partial charge in [-0.3, -0.25) is 9.69 Å². The number of halogens is 1. The van der Waals surface area contributed by atoms with Gasteiger partial charge in [0, 0.05) is 17.3 Å². The van der Waals surface area contributed by atoms with Crippen molar-refractivity contribution in [1.29, 1.82) is 0 Å². The summed E-state index contributed by atoms with van der Waals surface area (Å²) in [5.41, 5.74) is 1.99. The molecular weight excluding hydrogens is 336 g/mol. The lowest BCUT2D eigenvalue weighted by atomic mass is 10.2. The first-order valence-electron chi connectivity index (χ1n) is 8.56. The number of hydrogen-bond acceptors (Lipinski definition) is 3. The highest BCUT2D eigenvalue weighted by Crippen LogP contribution is 2.19. The second-order valence-corrected chi connectivity index (χ2v) is 6.30. The zero-order valence-corrected chi connectivity index (χ0v) is 15.7. The summed E-state index contributed by atoms with van der Waals surface area (Å²) in [5, 5.41) is 3.45. The Labute approximate surface area is 154 Å². The number of rotatable bonds is 8. The molecule has 0 aromatic heterocycles. The van der Waals surface area contributed by atoms with Gasteiger partial charge in [0.05, 0.1) is 0 Å². The lowest BCUT2D eigenvalue weighted by Crippen LogP contribution is -2.30. The Morgan fingerprint density at radius 3 is 2.44 bits per heavy atom. The molecule has 0 aliphatic rings. The third-order valence-corrected chi connectivity index (χ3v) is 4.24. The van der Waals surface area contributed by atoms with Crippen LogP contribution in [0, 0.1) is 0 Å². The predicted octanol–water partition coefficient (Wildman–Crippen LogP) is 4.59. The number of hydrogen-bond donors (Lipinski definition) is 1. The van der Waals surface area contributed by atoms with Crippen molar-refractivity contribution in [2.75, 3.05) is 18.4 Å². The Bertz CT molecular complexity index is 684. The highest BCUT2D eigenvalue weighted by Gasteiger charge is 2.15. The number of amides is 1. The van der Waals surface area contributed by atoms with Gasteiger partial charge in [-0.25, -0.2) is 0 Å². The maximum Gasteiger partial charge on any atom is 0.265 e. The summed E-state index contributed by atoms with van der Waals surface area (Å²) >= 11 is 5.93. The van der Waals surface area contributed by atoms with Crippen molar-refractivity contribution in [2.45, 2.75) is 33.4 Å². The van der Waals surface area contributed by atoms with Crippen LogP contribution in [0.3, 0.4) is 0 Å². The molecule has 2 aromatic carbocycles. The molecule has 1 amide bonds. The van der Waals surface area contributed by atoms with Crippen molar-refractivity contribution >= 4 is 23.2 Å². The minimum absolute atomic E-state index is 0.198. The van der Waals surface area contributed by atoms with Gasteiger partial charge in [-0.2, -0.15) is 0 Å². The van der Waals surface area contributed by atoms with Gasteiger partial charge >= 0.3 is 0 Å². The molecule has 134 valence electrons. The third-order valence-electron chi connectivity index (χ3n) is 4.00. The number of carbonyl (C=O) groups excluding carboxylic acids is 1. The van der Waals surface area contributed by atoms with E-state index in [1.165, 1.54) is 5.56 Å². The van der Waals surface area contributed by atoms with Crippen LogP contribution in [0.5, 0.6) is 5.75 Å². The van der Waals surface area contributed by atoms with E-state index >= 15 is 0 Å². The number of ether oxygens (including phenoxy) is 1. The van der Waals surface area contributed by atoms with E-state index in [2.05, 4.69) is 24.1 Å². The van der Waals surface area contributed by atoms with E-state index in [0.717, 1.165) is 25.3 Å². The molecule has 0 saturated carbocycles. The van der Waals surface area contributed by atoms with Gasteiger partial charge in [0.25, 0.3) is 5.91 Å². The van der Waals surface area contributed by atoms with E-state index in [1.807, 2.05) is 24.3 Å². The number of nitrogens with one attached hydrogen (secondary N) is 1. The maximum atomic E-state index is 12.3. The average Bonchev–Trinajstić information content (AvgIpc) is 2.61. The van der Waals surface area contributed by atoms with Crippen molar-refractivity contribution in [3.05, 3.63) is 59.1 Å². The Hall–Kier alpha value is -2.04. The first-order valence-corrected chi connectivity index (χ1v) is 8.94. The van der Waals surface area contributed by atoms with Crippen LogP contribution in [-0.4, -0.2) is 30.0 Å². The molecular formula is C20H25ClN2O2. The van der Waals surface area contributed by atoms with Crippen molar-refractivity contribution in [1.82, 2.24) is 4.90 Å². The molecule has 0 unspecified atom stereocenters. The fraction of sp³-hybridized carbons (Fsp3) is 0.350. The fourth-order valence-corrected chi connectivity index (χ4v) is 2.62. The SMILES string of the molecule is CCN(CC)Cc1ccc(NC(=O)[C@H](C)Oc2cccc(Cl)c2)cc1. The summed E-state index contributed by atoms with van der Waals surface area (Å²) in [6.07, 6.45) is -0.617. The largest absolute Gasteiger partial charge is 0.481 e. The van der Waals surface area contributed by atoms with Gasteiger partial charge < -0.3 is 10.1 Å². The molecule has 0 radical (unpaired) electrons. The zero-order chi connectivity index (χ0) is 18.2. The molecule has 0 fully saturated rings. The average molecular weight is 361 g/mol. The Balaban J connectivity index is 1.91. The molecule has 1 N–H and O–H groups in total. The van der Waals surface area contributed by atoms with Crippen LogP contribution in [0.1, 0.15) is 26.3 Å². The van der Waals surface area contributed by atoms with E-state index in [0.29, 0.717) is 10.8 Å². The predicted molar refractivity (Wildman–Crippen MR) is 103 cm³/mol. The summed E-state index contributed by atoms with van der Waals surface area (Å²) in [4.78, 5) is 14.6. The molecule has 0 heterocycles. The topological polar surface area (TPSA) is 41.6 Å². The van der Waals surface area contributed by atoms with E-state index in [-0.39, 0.29) is 5.91 Å². The van der Waals surface area contributed by atoms with Crippen LogP contribution < -0.4 is 10.1 Å². The van der Waals surface area contributed by atoms with Gasteiger partial charge in [-0.1, -0.05) is 43.6 Å². The molecule has 25 heavy (non-hydrogen) atoms. The van der Waals surface area contributed by atoms with Crippen LogP contribution in [0.15, 0.2) is 48.5 Å². The molecule has 4 nitrogen and oxygen atoms in total. The third kappa shape index (κ3) is 6.07. The van der Waals surface area contributed by atoms with Crippen LogP contribution >= 0.6 is 11.6 Å². The van der Waals surface area contributed by atoms with Gasteiger partial charge in [0.1, 0.15) is 5.75 Å². The molecule has 0 saturated heterocycles. The number of nitrogens with zero attached hydrogens (tertiary/aromatic N) is 1. The van der Waals surface area contributed by atoms with Gasteiger partial charge in [0.2, 0.25) is 0 Å². The lowest BCUT2D eigenvalue weighted by Gasteiger charge is -2.18. The molecule has 2 rings (SSSR count). The summed E-state index contributed by atoms with van der Waals surface area (Å²) in [7, 11) is 0. The van der Waals surface area contributed by atoms with Crippen LogP contribution in [0.25, 0.3) is 0 Å². The summed E-state index contributed by atoms with van der Waals surface area (Å²) in [6.45, 7) is 8.97. The molecule has 0 bridgehead atoms. The van der Waals surface area contributed by atoms with Crippen LogP contribution in [-0.2, 0) is 11.3 Å². The van der Waals surface area contributed by atoms with Crippen molar-refractivity contribution < 1.29 is 9.53 Å². The van der Waals surface area contributed by atoms with Crippen molar-refractivity contribution in [3.63, 3.8) is 0 Å². The minimum atomic E-state index is -0.617. The number of carbonyl (C=O) groups is 1. The first-order chi connectivity index (χ1) is 12.0. The normalized spacial score (nSPS) is 12.0. The van der Waals surface area contributed by atoms with Gasteiger partial charge in [-0.05, 0) is 55.9 Å². The Kier molecular flexibility index (Phi) is 7.29.